The molecular formula is C16H34N2O2. The molecule has 0 amide bonds. The molecule has 1 fully saturated rings. The number of methoxy groups -OCH3 is 1. The second kappa shape index (κ2) is 10.6. The number of nitrogens with zero attached hydrogens (tertiary/aromatic N) is 1. The van der Waals surface area contributed by atoms with Gasteiger partial charge in [0.2, 0.25) is 0 Å². The minimum Gasteiger partial charge on any atom is -0.382 e. The van der Waals surface area contributed by atoms with E-state index in [9.17, 15) is 0 Å². The van der Waals surface area contributed by atoms with Gasteiger partial charge in [-0.05, 0) is 18.8 Å². The predicted molar refractivity (Wildman–Crippen MR) is 84.2 cm³/mol. The van der Waals surface area contributed by atoms with Gasteiger partial charge in [-0.2, -0.15) is 0 Å². The minimum atomic E-state index is 0.641. The van der Waals surface area contributed by atoms with Crippen LogP contribution >= 0.6 is 0 Å². The van der Waals surface area contributed by atoms with Crippen molar-refractivity contribution in [3.8, 4) is 0 Å². The van der Waals surface area contributed by atoms with Crippen molar-refractivity contribution in [2.45, 2.75) is 52.1 Å². The number of rotatable bonds is 10. The molecule has 1 rings (SSSR count). The molecule has 0 aromatic carbocycles. The molecular weight excluding hydrogens is 252 g/mol. The van der Waals surface area contributed by atoms with Gasteiger partial charge in [-0.1, -0.05) is 27.2 Å². The van der Waals surface area contributed by atoms with Crippen molar-refractivity contribution in [3.63, 3.8) is 0 Å². The summed E-state index contributed by atoms with van der Waals surface area (Å²) in [5.74, 6) is 0.759. The van der Waals surface area contributed by atoms with Gasteiger partial charge in [-0.25, -0.2) is 0 Å². The molecule has 0 spiro atoms. The van der Waals surface area contributed by atoms with Crippen LogP contribution in [-0.4, -0.2) is 63.5 Å². The van der Waals surface area contributed by atoms with Gasteiger partial charge in [-0.15, -0.1) is 0 Å². The third-order valence-electron chi connectivity index (χ3n) is 3.95. The highest BCUT2D eigenvalue weighted by Gasteiger charge is 2.27. The summed E-state index contributed by atoms with van der Waals surface area (Å²) < 4.78 is 10.6. The maximum absolute atomic E-state index is 5.63. The predicted octanol–water partition coefficient (Wildman–Crippen LogP) is 2.14. The van der Waals surface area contributed by atoms with Crippen LogP contribution in [0.5, 0.6) is 0 Å². The quantitative estimate of drug-likeness (QED) is 0.624. The standard InChI is InChI=1S/C16H34N2O2/c1-5-6-16-12-17-15(11-14(2)3)13-18(16)7-8-20-10-9-19-4/h14-17H,5-13H2,1-4H3. The fourth-order valence-corrected chi connectivity index (χ4v) is 2.97. The molecule has 0 aromatic heterocycles. The highest BCUT2D eigenvalue weighted by atomic mass is 16.5. The van der Waals surface area contributed by atoms with Gasteiger partial charge in [-0.3, -0.25) is 4.90 Å². The van der Waals surface area contributed by atoms with E-state index in [0.29, 0.717) is 25.3 Å². The Balaban J connectivity index is 2.34. The zero-order chi connectivity index (χ0) is 14.8. The molecule has 20 heavy (non-hydrogen) atoms. The van der Waals surface area contributed by atoms with Crippen LogP contribution < -0.4 is 5.32 Å². The van der Waals surface area contributed by atoms with Crippen molar-refractivity contribution in [1.82, 2.24) is 10.2 Å². The summed E-state index contributed by atoms with van der Waals surface area (Å²) in [6.07, 6.45) is 3.79. The molecule has 4 heteroatoms. The van der Waals surface area contributed by atoms with Crippen molar-refractivity contribution >= 4 is 0 Å². The van der Waals surface area contributed by atoms with E-state index in [1.807, 2.05) is 0 Å². The van der Waals surface area contributed by atoms with Crippen LogP contribution in [0.3, 0.4) is 0 Å². The third kappa shape index (κ3) is 7.02. The number of hydrogen-bond donors (Lipinski definition) is 1. The Hall–Kier alpha value is -0.160. The SMILES string of the molecule is CCCC1CNC(CC(C)C)CN1CCOCCOC. The second-order valence-corrected chi connectivity index (χ2v) is 6.28. The summed E-state index contributed by atoms with van der Waals surface area (Å²) in [4.78, 5) is 2.62. The first-order valence-electron chi connectivity index (χ1n) is 8.21. The molecule has 4 nitrogen and oxygen atoms in total. The van der Waals surface area contributed by atoms with Gasteiger partial charge < -0.3 is 14.8 Å². The lowest BCUT2D eigenvalue weighted by molar-refractivity contribution is 0.0363. The molecule has 0 aromatic rings. The Morgan fingerprint density at radius 1 is 1.25 bits per heavy atom. The fourth-order valence-electron chi connectivity index (χ4n) is 2.97. The van der Waals surface area contributed by atoms with Gasteiger partial charge in [0.1, 0.15) is 0 Å². The Morgan fingerprint density at radius 2 is 2.05 bits per heavy atom. The summed E-state index contributed by atoms with van der Waals surface area (Å²) in [5, 5.41) is 3.72. The molecule has 120 valence electrons. The van der Waals surface area contributed by atoms with E-state index < -0.39 is 0 Å². The van der Waals surface area contributed by atoms with Crippen molar-refractivity contribution in [2.75, 3.05) is 46.6 Å². The summed E-state index contributed by atoms with van der Waals surface area (Å²) >= 11 is 0. The molecule has 0 saturated carbocycles. The number of nitrogens with one attached hydrogen (secondary N) is 1. The van der Waals surface area contributed by atoms with E-state index in [2.05, 4.69) is 31.0 Å². The van der Waals surface area contributed by atoms with Crippen molar-refractivity contribution < 1.29 is 9.47 Å². The van der Waals surface area contributed by atoms with E-state index in [1.54, 1.807) is 7.11 Å². The average Bonchev–Trinajstić information content (AvgIpc) is 2.41. The Bertz CT molecular complexity index is 237. The molecule has 0 bridgehead atoms. The lowest BCUT2D eigenvalue weighted by atomic mass is 9.98. The maximum Gasteiger partial charge on any atom is 0.0700 e. The van der Waals surface area contributed by atoms with Gasteiger partial charge >= 0.3 is 0 Å². The highest BCUT2D eigenvalue weighted by molar-refractivity contribution is 4.86. The zero-order valence-corrected chi connectivity index (χ0v) is 13.9. The highest BCUT2D eigenvalue weighted by Crippen LogP contribution is 2.16. The Morgan fingerprint density at radius 3 is 2.70 bits per heavy atom. The first kappa shape index (κ1) is 17.9. The van der Waals surface area contributed by atoms with Crippen LogP contribution in [0.2, 0.25) is 0 Å². The first-order chi connectivity index (χ1) is 9.67. The van der Waals surface area contributed by atoms with Crippen molar-refractivity contribution in [2.24, 2.45) is 5.92 Å². The maximum atomic E-state index is 5.63. The van der Waals surface area contributed by atoms with Crippen LogP contribution in [0.15, 0.2) is 0 Å². The normalized spacial score (nSPS) is 24.4. The lowest BCUT2D eigenvalue weighted by Crippen LogP contribution is -2.57. The van der Waals surface area contributed by atoms with Crippen LogP contribution in [0.25, 0.3) is 0 Å². The van der Waals surface area contributed by atoms with Crippen LogP contribution in [0, 0.1) is 5.92 Å². The number of hydrogen-bond acceptors (Lipinski definition) is 4. The van der Waals surface area contributed by atoms with Crippen LogP contribution in [0.1, 0.15) is 40.0 Å². The van der Waals surface area contributed by atoms with Gasteiger partial charge in [0.15, 0.2) is 0 Å². The number of piperazine rings is 1. The molecule has 1 aliphatic rings. The molecule has 1 aliphatic heterocycles. The van der Waals surface area contributed by atoms with Crippen molar-refractivity contribution in [1.29, 1.82) is 0 Å². The topological polar surface area (TPSA) is 33.7 Å². The largest absolute Gasteiger partial charge is 0.382 e. The molecule has 2 unspecified atom stereocenters. The summed E-state index contributed by atoms with van der Waals surface area (Å²) in [6, 6.07) is 1.32. The monoisotopic (exact) mass is 286 g/mol. The molecule has 1 N–H and O–H groups in total. The molecule has 1 saturated heterocycles. The van der Waals surface area contributed by atoms with Gasteiger partial charge in [0, 0.05) is 38.8 Å². The minimum absolute atomic E-state index is 0.641. The van der Waals surface area contributed by atoms with Gasteiger partial charge in [0.25, 0.3) is 0 Å². The lowest BCUT2D eigenvalue weighted by Gasteiger charge is -2.41. The molecule has 0 aliphatic carbocycles. The molecule has 2 atom stereocenters. The summed E-state index contributed by atoms with van der Waals surface area (Å²) in [6.45, 7) is 12.4. The van der Waals surface area contributed by atoms with Crippen molar-refractivity contribution in [3.05, 3.63) is 0 Å². The fraction of sp³-hybridized carbons (Fsp3) is 1.00. The second-order valence-electron chi connectivity index (χ2n) is 6.28. The number of ether oxygens (including phenoxy) is 2. The first-order valence-corrected chi connectivity index (χ1v) is 8.21. The Labute approximate surface area is 125 Å². The summed E-state index contributed by atoms with van der Waals surface area (Å²) in [5.41, 5.74) is 0. The Kier molecular flexibility index (Phi) is 9.44. The van der Waals surface area contributed by atoms with Crippen LogP contribution in [0.4, 0.5) is 0 Å². The molecule has 0 radical (unpaired) electrons. The smallest absolute Gasteiger partial charge is 0.0700 e. The average molecular weight is 286 g/mol. The van der Waals surface area contributed by atoms with Crippen LogP contribution in [-0.2, 0) is 9.47 Å². The zero-order valence-electron chi connectivity index (χ0n) is 13.9. The third-order valence-corrected chi connectivity index (χ3v) is 3.95. The van der Waals surface area contributed by atoms with E-state index in [1.165, 1.54) is 19.3 Å². The van der Waals surface area contributed by atoms with Gasteiger partial charge in [0.05, 0.1) is 19.8 Å². The van der Waals surface area contributed by atoms with E-state index >= 15 is 0 Å². The van der Waals surface area contributed by atoms with E-state index in [4.69, 9.17) is 9.47 Å². The summed E-state index contributed by atoms with van der Waals surface area (Å²) in [7, 11) is 1.72. The molecule has 1 heterocycles. The van der Waals surface area contributed by atoms with E-state index in [0.717, 1.165) is 32.2 Å². The van der Waals surface area contributed by atoms with E-state index in [-0.39, 0.29) is 0 Å².